The van der Waals surface area contributed by atoms with Gasteiger partial charge in [0.25, 0.3) is 0 Å². The lowest BCUT2D eigenvalue weighted by molar-refractivity contribution is -0.0315. The van der Waals surface area contributed by atoms with Gasteiger partial charge in [-0.2, -0.15) is 29.7 Å². The Morgan fingerprint density at radius 2 is 0.357 bits per heavy atom. The molecule has 3 aliphatic heterocycles. The van der Waals surface area contributed by atoms with Crippen molar-refractivity contribution in [2.75, 3.05) is 62.5 Å². The minimum absolute atomic E-state index is 0. The predicted molar refractivity (Wildman–Crippen MR) is 461 cm³/mol. The van der Waals surface area contributed by atoms with Crippen molar-refractivity contribution >= 4 is 107 Å². The Balaban J connectivity index is -0.0000000137. The average molecular weight is 1410 g/mol. The SMILES string of the molecule is C.C.C.C.C.C.CC.CC.CC.CC.CC.CC.CC.CC.CC.CC.CC.CC.CC.CC.CC.CC.CC.CC.P.P.P.PP.PP.PP.[B][C@H]1CC(OC)[C@@H](COC)O1.[B][C@H]1CC(OC)[C@@H](COC)O1.[B][C@H]1CC(OC)[C@@H](COC)O1. The summed E-state index contributed by atoms with van der Waals surface area (Å²) in [6, 6.07) is -0.583. The first kappa shape index (κ1) is 198. The minimum atomic E-state index is -0.194. The number of hydrogen-bond donors (Lipinski definition) is 0. The lowest BCUT2D eigenvalue weighted by Gasteiger charge is -2.15. The summed E-state index contributed by atoms with van der Waals surface area (Å²) in [7, 11) is 40.6. The fourth-order valence-electron chi connectivity index (χ4n) is 3.92. The van der Waals surface area contributed by atoms with Gasteiger partial charge in [-0.3, -0.25) is 0 Å². The van der Waals surface area contributed by atoms with E-state index in [-0.39, 0.29) is 129 Å². The maximum atomic E-state index is 5.56. The fourth-order valence-corrected chi connectivity index (χ4v) is 3.92. The molecule has 0 aromatic rings. The van der Waals surface area contributed by atoms with Crippen LogP contribution in [0.3, 0.4) is 0 Å². The van der Waals surface area contributed by atoms with Crippen LogP contribution < -0.4 is 0 Å². The molecule has 84 heavy (non-hydrogen) atoms. The monoisotopic (exact) mass is 1410 g/mol. The number of ether oxygens (including phenoxy) is 9. The molecule has 3 aliphatic rings. The van der Waals surface area contributed by atoms with Crippen molar-refractivity contribution in [1.82, 2.24) is 0 Å². The Morgan fingerprint density at radius 3 is 0.429 bits per heavy atom. The van der Waals surface area contributed by atoms with Crippen molar-refractivity contribution in [2.45, 2.75) is 368 Å². The molecule has 0 N–H and O–H groups in total. The summed E-state index contributed by atoms with van der Waals surface area (Å²) in [5.41, 5.74) is 0. The molecule has 21 heteroatoms. The van der Waals surface area contributed by atoms with Gasteiger partial charge in [-0.1, -0.05) is 294 Å². The highest BCUT2D eigenvalue weighted by Gasteiger charge is 2.33. The van der Waals surface area contributed by atoms with Crippen LogP contribution in [0.4, 0.5) is 0 Å². The molecule has 9 nitrogen and oxygen atoms in total. The zero-order valence-electron chi connectivity index (χ0n) is 62.4. The van der Waals surface area contributed by atoms with Crippen molar-refractivity contribution in [3.8, 4) is 0 Å². The van der Waals surface area contributed by atoms with E-state index in [2.05, 4.69) is 53.6 Å². The van der Waals surface area contributed by atoms with E-state index < -0.39 is 0 Å². The van der Waals surface area contributed by atoms with Gasteiger partial charge in [-0.05, 0) is 19.3 Å². The van der Waals surface area contributed by atoms with E-state index >= 15 is 0 Å². The highest BCUT2D eigenvalue weighted by molar-refractivity contribution is 7.92. The quantitative estimate of drug-likeness (QED) is 0.166. The summed E-state index contributed by atoms with van der Waals surface area (Å²) in [4.78, 5) is 0. The molecule has 0 aromatic heterocycles. The lowest BCUT2D eigenvalue weighted by atomic mass is 9.96. The van der Waals surface area contributed by atoms with Gasteiger partial charge in [-0.25, -0.2) is 0 Å². The second-order valence-corrected chi connectivity index (χ2v) is 8.03. The van der Waals surface area contributed by atoms with Gasteiger partial charge in [0, 0.05) is 60.7 Å². The average Bonchev–Trinajstić information content (AvgIpc) is 4.24. The van der Waals surface area contributed by atoms with Gasteiger partial charge in [0.05, 0.1) is 38.1 Å². The van der Waals surface area contributed by atoms with Crippen molar-refractivity contribution < 1.29 is 42.6 Å². The van der Waals surface area contributed by atoms with E-state index in [9.17, 15) is 0 Å². The first-order valence-electron chi connectivity index (χ1n) is 30.1. The predicted octanol–water partition coefficient (Wildman–Crippen LogP) is 24.2. The van der Waals surface area contributed by atoms with Crippen molar-refractivity contribution in [1.29, 1.82) is 0 Å². The van der Waals surface area contributed by atoms with Gasteiger partial charge < -0.3 is 42.6 Å². The third-order valence-corrected chi connectivity index (χ3v) is 5.59. The third kappa shape index (κ3) is 205. The van der Waals surface area contributed by atoms with E-state index in [0.29, 0.717) is 19.8 Å². The van der Waals surface area contributed by atoms with E-state index in [4.69, 9.17) is 66.2 Å². The molecule has 0 aliphatic carbocycles. The fraction of sp³-hybridized carbons (Fsp3) is 1.00. The third-order valence-electron chi connectivity index (χ3n) is 5.59. The smallest absolute Gasteiger partial charge is 0.109 e. The first-order valence-corrected chi connectivity index (χ1v) is 38.1. The van der Waals surface area contributed by atoms with Crippen LogP contribution in [0.15, 0.2) is 0 Å². The highest BCUT2D eigenvalue weighted by atomic mass is 32.0. The summed E-state index contributed by atoms with van der Waals surface area (Å²) in [5.74, 6) is 0. The highest BCUT2D eigenvalue weighted by Crippen LogP contribution is 2.22. The molecular formula is C63H192B3O9P9. The van der Waals surface area contributed by atoms with Gasteiger partial charge >= 0.3 is 0 Å². The lowest BCUT2D eigenvalue weighted by Crippen LogP contribution is -2.27. The topological polar surface area (TPSA) is 83.1 Å². The van der Waals surface area contributed by atoms with Crippen LogP contribution in [0, 0.1) is 0 Å². The molecule has 6 radical (unpaired) electrons. The van der Waals surface area contributed by atoms with Gasteiger partial charge in [0.2, 0.25) is 0 Å². The zero-order valence-corrected chi connectivity index (χ0v) is 73.6. The summed E-state index contributed by atoms with van der Waals surface area (Å²) >= 11 is 0. The molecule has 552 valence electrons. The van der Waals surface area contributed by atoms with Crippen molar-refractivity contribution in [3.63, 3.8) is 0 Å². The maximum absolute atomic E-state index is 5.56. The maximum Gasteiger partial charge on any atom is 0.109 e. The number of hydrogen-bond acceptors (Lipinski definition) is 9. The molecular weight excluding hydrogens is 1210 g/mol. The molecule has 0 spiro atoms. The van der Waals surface area contributed by atoms with Crippen LogP contribution in [0.5, 0.6) is 0 Å². The van der Waals surface area contributed by atoms with Crippen molar-refractivity contribution in [3.05, 3.63) is 0 Å². The Kier molecular flexibility index (Phi) is 719. The largest absolute Gasteiger partial charge is 0.382 e. The summed E-state index contributed by atoms with van der Waals surface area (Å²) < 4.78 is 46.3. The van der Waals surface area contributed by atoms with E-state index in [1.54, 1.807) is 42.7 Å². The molecule has 12 unspecified atom stereocenters. The molecule has 0 saturated carbocycles. The summed E-state index contributed by atoms with van der Waals surface area (Å²) in [6.07, 6.45) is 2.53. The Labute approximate surface area is 576 Å². The van der Waals surface area contributed by atoms with Crippen LogP contribution in [-0.2, 0) is 42.6 Å². The van der Waals surface area contributed by atoms with Gasteiger partial charge in [0.1, 0.15) is 41.9 Å². The Morgan fingerprint density at radius 1 is 0.262 bits per heavy atom. The van der Waals surface area contributed by atoms with Crippen molar-refractivity contribution in [2.24, 2.45) is 0 Å². The van der Waals surface area contributed by atoms with Crippen LogP contribution >= 0.6 is 83.3 Å². The van der Waals surface area contributed by atoms with Crippen LogP contribution in [0.2, 0.25) is 0 Å². The molecule has 0 amide bonds. The minimum Gasteiger partial charge on any atom is -0.382 e. The van der Waals surface area contributed by atoms with Crippen LogP contribution in [0.1, 0.15) is 313 Å². The molecule has 18 atom stereocenters. The van der Waals surface area contributed by atoms with E-state index in [1.165, 1.54) is 0 Å². The van der Waals surface area contributed by atoms with Crippen LogP contribution in [0.25, 0.3) is 0 Å². The second kappa shape index (κ2) is 305. The number of methoxy groups -OCH3 is 6. The molecule has 3 fully saturated rings. The summed E-state index contributed by atoms with van der Waals surface area (Å²) in [6.45, 7) is 73.6. The normalized spacial score (nSPS) is 16.4. The van der Waals surface area contributed by atoms with Gasteiger partial charge in [-0.15, -0.1) is 53.6 Å². The van der Waals surface area contributed by atoms with E-state index in [0.717, 1.165) is 19.3 Å². The molecule has 3 saturated heterocycles. The Hall–Kier alpha value is 3.70. The van der Waals surface area contributed by atoms with Gasteiger partial charge in [0.15, 0.2) is 0 Å². The zero-order chi connectivity index (χ0) is 66.8. The van der Waals surface area contributed by atoms with E-state index in [1.807, 2.05) is 249 Å². The summed E-state index contributed by atoms with van der Waals surface area (Å²) in [5, 5.41) is 0. The molecule has 3 rings (SSSR count). The second-order valence-electron chi connectivity index (χ2n) is 8.03. The molecule has 3 heterocycles. The Bertz CT molecular complexity index is 485. The van der Waals surface area contributed by atoms with Crippen LogP contribution in [-0.4, -0.2) is 141 Å². The molecule has 0 aromatic carbocycles. The molecule has 0 bridgehead atoms. The number of rotatable bonds is 9. The first-order chi connectivity index (χ1) is 36.8. The standard InChI is InChI=1S/3C7H13BO3.18C2H6.6CH4.3H4P2.3H3P/c3*1-9-4-6-5(10-2)3-7(8)11-6;18*1-2;;;;;;;3*1-2;;;/h3*5-7H,3-4H2,1-2H3;18*1-2H3;6*1H4;3*1-2H2;3*1H3/t3*5?,6-,7-;;;;;;;;;;;;;;;;;;;;;;;;;;;;;;/m111............................../s1.